The van der Waals surface area contributed by atoms with E-state index in [0.29, 0.717) is 6.54 Å². The van der Waals surface area contributed by atoms with E-state index in [9.17, 15) is 4.79 Å². The van der Waals surface area contributed by atoms with Gasteiger partial charge in [0.1, 0.15) is 13.5 Å². The third-order valence-corrected chi connectivity index (χ3v) is 2.07. The van der Waals surface area contributed by atoms with Crippen molar-refractivity contribution in [3.8, 4) is 0 Å². The summed E-state index contributed by atoms with van der Waals surface area (Å²) in [5.74, 6) is 0. The van der Waals surface area contributed by atoms with E-state index in [-0.39, 0.29) is 25.7 Å². The largest absolute Gasteiger partial charge is 0.364 e. The third kappa shape index (κ3) is 2.14. The van der Waals surface area contributed by atoms with Gasteiger partial charge in [0.15, 0.2) is 6.23 Å². The quantitative estimate of drug-likeness (QED) is 0.627. The van der Waals surface area contributed by atoms with Gasteiger partial charge in [-0.05, 0) is 0 Å². The van der Waals surface area contributed by atoms with E-state index in [0.717, 1.165) is 0 Å². The van der Waals surface area contributed by atoms with Crippen LogP contribution in [-0.2, 0) is 14.2 Å². The van der Waals surface area contributed by atoms with Crippen LogP contribution in [0.4, 0.5) is 4.79 Å². The Hall–Kier alpha value is -0.850. The fourth-order valence-electron chi connectivity index (χ4n) is 1.41. The summed E-state index contributed by atoms with van der Waals surface area (Å²) < 4.78 is 15.0. The second-order valence-electron chi connectivity index (χ2n) is 3.00. The number of rotatable bonds is 5. The molecular formula is C8H16N2O4. The molecule has 1 atom stereocenters. The Morgan fingerprint density at radius 3 is 2.43 bits per heavy atom. The first-order valence-corrected chi connectivity index (χ1v) is 4.30. The predicted molar refractivity (Wildman–Crippen MR) is 48.5 cm³/mol. The van der Waals surface area contributed by atoms with Gasteiger partial charge in [0.2, 0.25) is 0 Å². The van der Waals surface area contributed by atoms with E-state index in [1.165, 1.54) is 4.90 Å². The molecule has 0 bridgehead atoms. The van der Waals surface area contributed by atoms with Crippen molar-refractivity contribution < 1.29 is 19.0 Å². The average molecular weight is 204 g/mol. The lowest BCUT2D eigenvalue weighted by molar-refractivity contribution is -0.0317. The lowest BCUT2D eigenvalue weighted by Crippen LogP contribution is -2.37. The van der Waals surface area contributed by atoms with Crippen LogP contribution in [0.3, 0.4) is 0 Å². The number of amides is 2. The number of hydrogen-bond donors (Lipinski definition) is 0. The van der Waals surface area contributed by atoms with Crippen molar-refractivity contribution in [3.63, 3.8) is 0 Å². The predicted octanol–water partition coefficient (Wildman–Crippen LogP) is -0.0957. The molecule has 0 radical (unpaired) electrons. The lowest BCUT2D eigenvalue weighted by atomic mass is 10.5. The van der Waals surface area contributed by atoms with E-state index < -0.39 is 0 Å². The van der Waals surface area contributed by atoms with Crippen molar-refractivity contribution in [2.24, 2.45) is 0 Å². The molecule has 2 amide bonds. The summed E-state index contributed by atoms with van der Waals surface area (Å²) in [4.78, 5) is 14.7. The molecule has 0 aliphatic carbocycles. The molecule has 1 aliphatic heterocycles. The summed E-state index contributed by atoms with van der Waals surface area (Å²) in [6, 6.07) is -0.124. The highest BCUT2D eigenvalue weighted by molar-refractivity contribution is 5.76. The van der Waals surface area contributed by atoms with E-state index in [4.69, 9.17) is 14.2 Å². The molecule has 0 spiro atoms. The standard InChI is InChI=1S/C8H16N2O4/c1-12-5-9-4-7(14-3)10(6-13-2)8(9)11/h7H,4-6H2,1-3H3. The van der Waals surface area contributed by atoms with Crippen LogP contribution in [0.5, 0.6) is 0 Å². The maximum Gasteiger partial charge on any atom is 0.325 e. The Kier molecular flexibility index (Phi) is 4.12. The smallest absolute Gasteiger partial charge is 0.325 e. The molecule has 6 nitrogen and oxygen atoms in total. The Bertz CT molecular complexity index is 200. The molecule has 1 rings (SSSR count). The summed E-state index contributed by atoms with van der Waals surface area (Å²) in [6.45, 7) is 1.02. The van der Waals surface area contributed by atoms with Gasteiger partial charge >= 0.3 is 6.03 Å². The van der Waals surface area contributed by atoms with Crippen LogP contribution >= 0.6 is 0 Å². The highest BCUT2D eigenvalue weighted by Crippen LogP contribution is 2.15. The van der Waals surface area contributed by atoms with Gasteiger partial charge in [-0.1, -0.05) is 0 Å². The molecule has 0 saturated carbocycles. The molecule has 1 aliphatic rings. The van der Waals surface area contributed by atoms with Crippen LogP contribution in [0.15, 0.2) is 0 Å². The molecule has 1 saturated heterocycles. The van der Waals surface area contributed by atoms with E-state index in [1.807, 2.05) is 0 Å². The van der Waals surface area contributed by atoms with Crippen molar-refractivity contribution in [2.75, 3.05) is 41.3 Å². The van der Waals surface area contributed by atoms with Crippen molar-refractivity contribution in [1.29, 1.82) is 0 Å². The first-order chi connectivity index (χ1) is 6.74. The highest BCUT2D eigenvalue weighted by Gasteiger charge is 2.36. The maximum absolute atomic E-state index is 11.7. The van der Waals surface area contributed by atoms with Crippen LogP contribution in [0.25, 0.3) is 0 Å². The molecular weight excluding hydrogens is 188 g/mol. The number of methoxy groups -OCH3 is 3. The van der Waals surface area contributed by atoms with Gasteiger partial charge in [0.25, 0.3) is 0 Å². The molecule has 0 N–H and O–H groups in total. The average Bonchev–Trinajstić information content (AvgIpc) is 2.47. The van der Waals surface area contributed by atoms with E-state index in [1.54, 1.807) is 26.2 Å². The number of nitrogens with zero attached hydrogens (tertiary/aromatic N) is 2. The Morgan fingerprint density at radius 2 is 1.93 bits per heavy atom. The fraction of sp³-hybridized carbons (Fsp3) is 0.875. The minimum Gasteiger partial charge on any atom is -0.364 e. The summed E-state index contributed by atoms with van der Waals surface area (Å²) in [7, 11) is 4.66. The van der Waals surface area contributed by atoms with Crippen LogP contribution in [0.1, 0.15) is 0 Å². The lowest BCUT2D eigenvalue weighted by Gasteiger charge is -2.20. The molecule has 14 heavy (non-hydrogen) atoms. The monoisotopic (exact) mass is 204 g/mol. The zero-order valence-electron chi connectivity index (χ0n) is 8.73. The van der Waals surface area contributed by atoms with E-state index in [2.05, 4.69) is 0 Å². The molecule has 82 valence electrons. The Labute approximate surface area is 83.3 Å². The van der Waals surface area contributed by atoms with Crippen molar-refractivity contribution >= 4 is 6.03 Å². The summed E-state index contributed by atoms with van der Waals surface area (Å²) in [5.41, 5.74) is 0. The Morgan fingerprint density at radius 1 is 1.29 bits per heavy atom. The molecule has 1 unspecified atom stereocenters. The summed E-state index contributed by atoms with van der Waals surface area (Å²) in [5, 5.41) is 0. The topological polar surface area (TPSA) is 51.2 Å². The number of hydrogen-bond acceptors (Lipinski definition) is 4. The van der Waals surface area contributed by atoms with Crippen LogP contribution in [-0.4, -0.2) is 63.4 Å². The van der Waals surface area contributed by atoms with Gasteiger partial charge in [-0.2, -0.15) is 0 Å². The molecule has 0 aromatic carbocycles. The molecule has 6 heteroatoms. The number of urea groups is 1. The second kappa shape index (κ2) is 5.14. The Balaban J connectivity index is 2.59. The highest BCUT2D eigenvalue weighted by atomic mass is 16.5. The van der Waals surface area contributed by atoms with Crippen molar-refractivity contribution in [2.45, 2.75) is 6.23 Å². The van der Waals surface area contributed by atoms with E-state index >= 15 is 0 Å². The second-order valence-corrected chi connectivity index (χ2v) is 3.00. The normalized spacial score (nSPS) is 22.2. The SMILES string of the molecule is COCN1CC(OC)N(COC)C1=O. The van der Waals surface area contributed by atoms with Gasteiger partial charge < -0.3 is 14.2 Å². The summed E-state index contributed by atoms with van der Waals surface area (Å²) in [6.07, 6.45) is -0.252. The zero-order chi connectivity index (χ0) is 10.6. The van der Waals surface area contributed by atoms with Gasteiger partial charge in [0.05, 0.1) is 6.54 Å². The minimum absolute atomic E-state index is 0.124. The molecule has 0 aromatic rings. The van der Waals surface area contributed by atoms with Crippen molar-refractivity contribution in [3.05, 3.63) is 0 Å². The first-order valence-electron chi connectivity index (χ1n) is 4.30. The van der Waals surface area contributed by atoms with Crippen LogP contribution < -0.4 is 0 Å². The molecule has 1 heterocycles. The number of carbonyl (C=O) groups excluding carboxylic acids is 1. The number of carbonyl (C=O) groups is 1. The minimum atomic E-state index is -0.252. The third-order valence-electron chi connectivity index (χ3n) is 2.07. The van der Waals surface area contributed by atoms with Gasteiger partial charge in [-0.25, -0.2) is 4.79 Å². The van der Waals surface area contributed by atoms with Crippen LogP contribution in [0, 0.1) is 0 Å². The van der Waals surface area contributed by atoms with Crippen LogP contribution in [0.2, 0.25) is 0 Å². The zero-order valence-corrected chi connectivity index (χ0v) is 8.73. The first kappa shape index (κ1) is 11.2. The summed E-state index contributed by atoms with van der Waals surface area (Å²) >= 11 is 0. The van der Waals surface area contributed by atoms with Gasteiger partial charge in [0, 0.05) is 21.3 Å². The maximum atomic E-state index is 11.7. The van der Waals surface area contributed by atoms with Crippen molar-refractivity contribution in [1.82, 2.24) is 9.80 Å². The number of ether oxygens (including phenoxy) is 3. The fourth-order valence-corrected chi connectivity index (χ4v) is 1.41. The molecule has 0 aromatic heterocycles. The van der Waals surface area contributed by atoms with Gasteiger partial charge in [-0.3, -0.25) is 9.80 Å². The van der Waals surface area contributed by atoms with Gasteiger partial charge in [-0.15, -0.1) is 0 Å². The molecule has 1 fully saturated rings.